The van der Waals surface area contributed by atoms with Crippen LogP contribution in [0.1, 0.15) is 20.7 Å². The summed E-state index contributed by atoms with van der Waals surface area (Å²) in [7, 11) is -5.32. The van der Waals surface area contributed by atoms with Crippen LogP contribution in [0.25, 0.3) is 0 Å². The van der Waals surface area contributed by atoms with Gasteiger partial charge in [-0.05, 0) is 29.3 Å². The van der Waals surface area contributed by atoms with E-state index in [9.17, 15) is 36.6 Å². The smallest absolute Gasteiger partial charge is 0.294 e. The van der Waals surface area contributed by atoms with Crippen LogP contribution < -0.4 is 21.2 Å². The summed E-state index contributed by atoms with van der Waals surface area (Å²) < 4.78 is 60.2. The maximum atomic E-state index is 10.7. The maximum Gasteiger partial charge on any atom is 0.294 e. The molecule has 206 valence electrons. The van der Waals surface area contributed by atoms with Crippen molar-refractivity contribution in [2.45, 2.75) is 9.79 Å². The molecule has 14 nitrogen and oxygen atoms in total. The Labute approximate surface area is 217 Å². The summed E-state index contributed by atoms with van der Waals surface area (Å²) in [5.74, 6) is -2.81. The van der Waals surface area contributed by atoms with E-state index in [1.165, 1.54) is 79.8 Å². The Bertz CT molecular complexity index is 1350. The number of hydrogen-bond donors (Lipinski definition) is 4. The monoisotopic (exact) mass is 572 g/mol. The van der Waals surface area contributed by atoms with Gasteiger partial charge in [0.15, 0.2) is 11.4 Å². The lowest BCUT2D eigenvalue weighted by molar-refractivity contribution is -0.830. The molecule has 0 atom stereocenters. The fourth-order valence-corrected chi connectivity index (χ4v) is 3.61. The Kier molecular flexibility index (Phi) is 12.6. The molecule has 0 aliphatic rings. The van der Waals surface area contributed by atoms with Crippen LogP contribution >= 0.6 is 0 Å². The summed E-state index contributed by atoms with van der Waals surface area (Å²) in [5, 5.41) is 20.5. The van der Waals surface area contributed by atoms with E-state index in [0.29, 0.717) is 11.4 Å². The molecule has 0 bridgehead atoms. The van der Waals surface area contributed by atoms with E-state index in [0.717, 1.165) is 6.07 Å². The summed E-state index contributed by atoms with van der Waals surface area (Å²) >= 11 is 0. The van der Waals surface area contributed by atoms with E-state index in [1.807, 2.05) is 0 Å². The molecule has 3 rings (SSSR count). The van der Waals surface area contributed by atoms with Crippen molar-refractivity contribution in [3.05, 3.63) is 83.9 Å². The van der Waals surface area contributed by atoms with Gasteiger partial charge in [-0.25, -0.2) is 9.68 Å². The largest absolute Gasteiger partial charge is 0.545 e. The predicted molar refractivity (Wildman–Crippen MR) is 125 cm³/mol. The Hall–Kier alpha value is -3.74. The zero-order chi connectivity index (χ0) is 28.9. The Morgan fingerprint density at radius 3 is 1.29 bits per heavy atom. The number of quaternary nitrogens is 2. The van der Waals surface area contributed by atoms with Gasteiger partial charge < -0.3 is 19.8 Å². The number of hydrogen-bond acceptors (Lipinski definition) is 10. The molecule has 0 radical (unpaired) electrons. The molecule has 0 saturated carbocycles. The van der Waals surface area contributed by atoms with Crippen molar-refractivity contribution in [3.63, 3.8) is 0 Å². The highest BCUT2D eigenvalue weighted by molar-refractivity contribution is 7.86. The maximum absolute atomic E-state index is 10.7. The molecule has 3 aromatic rings. The molecule has 0 heterocycles. The number of benzene rings is 3. The highest BCUT2D eigenvalue weighted by atomic mass is 32.2. The number of carbonyl (C=O) groups excluding carboxylic acids is 2. The predicted octanol–water partition coefficient (Wildman–Crippen LogP) is -2.21. The molecule has 0 spiro atoms. The van der Waals surface area contributed by atoms with Crippen LogP contribution in [0.2, 0.25) is 0 Å². The van der Waals surface area contributed by atoms with Gasteiger partial charge in [-0.15, -0.1) is 0 Å². The van der Waals surface area contributed by atoms with Gasteiger partial charge in [-0.2, -0.15) is 27.8 Å². The first-order valence-electron chi connectivity index (χ1n) is 10.1. The van der Waals surface area contributed by atoms with E-state index >= 15 is 0 Å². The third-order valence-electron chi connectivity index (χ3n) is 4.15. The van der Waals surface area contributed by atoms with Gasteiger partial charge in [-0.3, -0.25) is 9.11 Å². The molecule has 6 N–H and O–H groups in total. The van der Waals surface area contributed by atoms with Crippen LogP contribution in [0, 0.1) is 0 Å². The average molecular weight is 573 g/mol. The SMILES string of the molecule is CO[NH2+]c1cccc(S(=O)(=O)O)c1.CO[NH2+]c1cccc(S(=O)(=O)O)c1.O=C([O-])c1cccc(C(=O)[O-])c1. The Morgan fingerprint density at radius 2 is 1.00 bits per heavy atom. The van der Waals surface area contributed by atoms with Crippen LogP contribution in [-0.4, -0.2) is 52.1 Å². The van der Waals surface area contributed by atoms with Gasteiger partial charge in [0.1, 0.15) is 0 Å². The summed E-state index contributed by atoms with van der Waals surface area (Å²) in [6.07, 6.45) is 0. The minimum absolute atomic E-state index is 0.140. The molecule has 0 amide bonds. The minimum atomic E-state index is -4.12. The molecular weight excluding hydrogens is 548 g/mol. The molecule has 0 aliphatic heterocycles. The Balaban J connectivity index is 0.000000285. The van der Waals surface area contributed by atoms with Crippen LogP contribution in [0.3, 0.4) is 0 Å². The van der Waals surface area contributed by atoms with Crippen LogP contribution in [0.15, 0.2) is 82.6 Å². The lowest BCUT2D eigenvalue weighted by Crippen LogP contribution is -2.75. The molecule has 0 fully saturated rings. The van der Waals surface area contributed by atoms with Gasteiger partial charge in [0.25, 0.3) is 20.2 Å². The summed E-state index contributed by atoms with van der Waals surface area (Å²) in [4.78, 5) is 29.6. The van der Waals surface area contributed by atoms with Gasteiger partial charge >= 0.3 is 0 Å². The third-order valence-corrected chi connectivity index (χ3v) is 5.85. The number of carboxylic acids is 2. The molecule has 38 heavy (non-hydrogen) atoms. The van der Waals surface area contributed by atoms with Crippen LogP contribution in [0.4, 0.5) is 11.4 Å². The zero-order valence-corrected chi connectivity index (χ0v) is 21.5. The second-order valence-corrected chi connectivity index (χ2v) is 9.80. The molecular formula is C22H24N2O12S2. The molecule has 16 heteroatoms. The first-order chi connectivity index (χ1) is 17.7. The van der Waals surface area contributed by atoms with Crippen molar-refractivity contribution in [1.82, 2.24) is 0 Å². The number of aromatic carboxylic acids is 2. The van der Waals surface area contributed by atoms with Crippen molar-refractivity contribution < 1.29 is 66.4 Å². The van der Waals surface area contributed by atoms with Gasteiger partial charge in [0.05, 0.1) is 35.9 Å². The quantitative estimate of drug-likeness (QED) is 0.128. The lowest BCUT2D eigenvalue weighted by Gasteiger charge is -2.05. The zero-order valence-electron chi connectivity index (χ0n) is 19.9. The van der Waals surface area contributed by atoms with Crippen molar-refractivity contribution in [3.8, 4) is 0 Å². The fourth-order valence-electron chi connectivity index (χ4n) is 2.54. The number of rotatable bonds is 8. The summed E-state index contributed by atoms with van der Waals surface area (Å²) in [6.45, 7) is 0. The normalized spacial score (nSPS) is 10.8. The molecule has 0 aliphatic carbocycles. The van der Waals surface area contributed by atoms with Crippen LogP contribution in [0.5, 0.6) is 0 Å². The van der Waals surface area contributed by atoms with Gasteiger partial charge in [-0.1, -0.05) is 30.3 Å². The molecule has 0 unspecified atom stereocenters. The van der Waals surface area contributed by atoms with E-state index in [1.54, 1.807) is 12.1 Å². The van der Waals surface area contributed by atoms with E-state index in [2.05, 4.69) is 0 Å². The first-order valence-corrected chi connectivity index (χ1v) is 13.0. The summed E-state index contributed by atoms with van der Waals surface area (Å²) in [6, 6.07) is 16.4. The lowest BCUT2D eigenvalue weighted by atomic mass is 10.1. The standard InChI is InChI=1S/C8H6O4.2C7H9NO4S/c9-7(10)5-2-1-3-6(4-5)8(11)12;2*1-12-8-6-3-2-4-7(5-6)13(9,10)11/h1-4H,(H,9,10)(H,11,12);2*2-5,8H,1H3,(H,9,10,11). The number of carboxylic acid groups (broad SMARTS) is 2. The van der Waals surface area contributed by atoms with E-state index in [4.69, 9.17) is 18.8 Å². The van der Waals surface area contributed by atoms with Crippen LogP contribution in [-0.2, 0) is 29.9 Å². The highest BCUT2D eigenvalue weighted by Gasteiger charge is 2.11. The van der Waals surface area contributed by atoms with E-state index < -0.39 is 32.2 Å². The van der Waals surface area contributed by atoms with Crippen molar-refractivity contribution in [2.24, 2.45) is 0 Å². The molecule has 0 aromatic heterocycles. The molecule has 0 saturated heterocycles. The first kappa shape index (κ1) is 32.3. The van der Waals surface area contributed by atoms with E-state index in [-0.39, 0.29) is 20.9 Å². The van der Waals surface area contributed by atoms with Crippen molar-refractivity contribution in [2.75, 3.05) is 14.2 Å². The molecule has 3 aromatic carbocycles. The second-order valence-electron chi connectivity index (χ2n) is 6.96. The topological polar surface area (TPSA) is 241 Å². The van der Waals surface area contributed by atoms with Gasteiger partial charge in [0, 0.05) is 24.3 Å². The Morgan fingerprint density at radius 1 is 0.658 bits per heavy atom. The number of carbonyl (C=O) groups is 2. The fraction of sp³-hybridized carbons (Fsp3) is 0.0909. The minimum Gasteiger partial charge on any atom is -0.545 e. The highest BCUT2D eigenvalue weighted by Crippen LogP contribution is 2.12. The summed E-state index contributed by atoms with van der Waals surface area (Å²) in [5.41, 5.74) is 3.59. The second kappa shape index (κ2) is 14.9. The third kappa shape index (κ3) is 11.5. The van der Waals surface area contributed by atoms with Crippen molar-refractivity contribution in [1.29, 1.82) is 0 Å². The van der Waals surface area contributed by atoms with Crippen molar-refractivity contribution >= 4 is 43.5 Å². The van der Waals surface area contributed by atoms with Gasteiger partial charge in [0.2, 0.25) is 0 Å². The average Bonchev–Trinajstić information content (AvgIpc) is 2.85. The number of nitrogens with two attached hydrogens (primary N) is 2.